The molecule has 128 valence electrons. The lowest BCUT2D eigenvalue weighted by Crippen LogP contribution is -2.15. The van der Waals surface area contributed by atoms with Crippen LogP contribution in [0.1, 0.15) is 64.7 Å². The first-order valence-electron chi connectivity index (χ1n) is 8.08. The Kier molecular flexibility index (Phi) is 5.39. The average Bonchev–Trinajstić information content (AvgIpc) is 2.92. The highest BCUT2D eigenvalue weighted by Gasteiger charge is 2.18. The minimum absolute atomic E-state index is 0.178. The van der Waals surface area contributed by atoms with E-state index in [9.17, 15) is 14.7 Å². The molecule has 1 aromatic heterocycles. The summed E-state index contributed by atoms with van der Waals surface area (Å²) in [6, 6.07) is 5.11. The monoisotopic (exact) mass is 329 g/mol. The van der Waals surface area contributed by atoms with Crippen molar-refractivity contribution in [3.63, 3.8) is 0 Å². The second kappa shape index (κ2) is 7.29. The molecule has 0 saturated heterocycles. The third-order valence-corrected chi connectivity index (χ3v) is 4.30. The van der Waals surface area contributed by atoms with Gasteiger partial charge in [0, 0.05) is 11.4 Å². The van der Waals surface area contributed by atoms with E-state index >= 15 is 0 Å². The van der Waals surface area contributed by atoms with Gasteiger partial charge in [-0.25, -0.2) is 4.79 Å². The van der Waals surface area contributed by atoms with Gasteiger partial charge in [-0.1, -0.05) is 19.9 Å². The molecule has 1 aromatic carbocycles. The highest BCUT2D eigenvalue weighted by molar-refractivity contribution is 6.05. The molecule has 0 aliphatic heterocycles. The molecule has 0 aliphatic carbocycles. The molecule has 0 bridgehead atoms. The molecule has 0 unspecified atom stereocenters. The summed E-state index contributed by atoms with van der Waals surface area (Å²) in [5, 5.41) is 16.3. The molecular formula is C18H23N3O3. The Balaban J connectivity index is 2.25. The van der Waals surface area contributed by atoms with E-state index < -0.39 is 5.97 Å². The van der Waals surface area contributed by atoms with E-state index in [2.05, 4.69) is 24.3 Å². The van der Waals surface area contributed by atoms with E-state index in [-0.39, 0.29) is 17.5 Å². The normalized spacial score (nSPS) is 10.9. The minimum Gasteiger partial charge on any atom is -0.478 e. The van der Waals surface area contributed by atoms with Gasteiger partial charge in [-0.2, -0.15) is 5.10 Å². The summed E-state index contributed by atoms with van der Waals surface area (Å²) in [5.74, 6) is -1.30. The molecule has 6 nitrogen and oxygen atoms in total. The first-order chi connectivity index (χ1) is 11.4. The highest BCUT2D eigenvalue weighted by atomic mass is 16.4. The molecule has 0 radical (unpaired) electrons. The van der Waals surface area contributed by atoms with Gasteiger partial charge in [0.05, 0.1) is 23.4 Å². The largest absolute Gasteiger partial charge is 0.478 e. The quantitative estimate of drug-likeness (QED) is 0.844. The van der Waals surface area contributed by atoms with E-state index in [4.69, 9.17) is 0 Å². The Morgan fingerprint density at radius 1 is 1.21 bits per heavy atom. The maximum absolute atomic E-state index is 12.5. The number of carboxylic acids is 1. The van der Waals surface area contributed by atoms with Gasteiger partial charge in [0.15, 0.2) is 0 Å². The van der Waals surface area contributed by atoms with Gasteiger partial charge in [0.2, 0.25) is 0 Å². The molecule has 2 N–H and O–H groups in total. The fraction of sp³-hybridized carbons (Fsp3) is 0.389. The summed E-state index contributed by atoms with van der Waals surface area (Å²) < 4.78 is 1.88. The smallest absolute Gasteiger partial charge is 0.336 e. The zero-order valence-corrected chi connectivity index (χ0v) is 14.5. The summed E-state index contributed by atoms with van der Waals surface area (Å²) in [5.41, 5.74) is 2.60. The predicted molar refractivity (Wildman–Crippen MR) is 92.7 cm³/mol. The number of rotatable bonds is 6. The SMILES string of the molecule is CCC(CC)n1ncc(C(=O)Nc2ccc(C)c(C(=O)O)c2)c1C. The maximum atomic E-state index is 12.5. The van der Waals surface area contributed by atoms with Crippen LogP contribution in [-0.2, 0) is 0 Å². The topological polar surface area (TPSA) is 84.2 Å². The van der Waals surface area contributed by atoms with Crippen LogP contribution in [-0.4, -0.2) is 26.8 Å². The number of hydrogen-bond acceptors (Lipinski definition) is 3. The highest BCUT2D eigenvalue weighted by Crippen LogP contribution is 2.21. The van der Waals surface area contributed by atoms with Gasteiger partial charge in [-0.15, -0.1) is 0 Å². The molecule has 2 rings (SSSR count). The van der Waals surface area contributed by atoms with Crippen molar-refractivity contribution >= 4 is 17.6 Å². The maximum Gasteiger partial charge on any atom is 0.336 e. The van der Waals surface area contributed by atoms with E-state index in [0.717, 1.165) is 18.5 Å². The van der Waals surface area contributed by atoms with Crippen molar-refractivity contribution in [3.8, 4) is 0 Å². The van der Waals surface area contributed by atoms with E-state index in [1.165, 1.54) is 6.07 Å². The lowest BCUT2D eigenvalue weighted by atomic mass is 10.1. The van der Waals surface area contributed by atoms with Gasteiger partial charge in [0.25, 0.3) is 5.91 Å². The summed E-state index contributed by atoms with van der Waals surface area (Å²) in [6.45, 7) is 7.78. The average molecular weight is 329 g/mol. The van der Waals surface area contributed by atoms with E-state index in [0.29, 0.717) is 16.8 Å². The number of nitrogens with zero attached hydrogens (tertiary/aromatic N) is 2. The zero-order valence-electron chi connectivity index (χ0n) is 14.5. The fourth-order valence-electron chi connectivity index (χ4n) is 2.78. The van der Waals surface area contributed by atoms with Crippen LogP contribution >= 0.6 is 0 Å². The van der Waals surface area contributed by atoms with Crippen molar-refractivity contribution in [1.29, 1.82) is 0 Å². The van der Waals surface area contributed by atoms with Crippen molar-refractivity contribution in [3.05, 3.63) is 46.8 Å². The van der Waals surface area contributed by atoms with Crippen LogP contribution in [0.4, 0.5) is 5.69 Å². The van der Waals surface area contributed by atoms with E-state index in [1.54, 1.807) is 25.3 Å². The fourth-order valence-corrected chi connectivity index (χ4v) is 2.78. The molecule has 6 heteroatoms. The van der Waals surface area contributed by atoms with Crippen LogP contribution in [0.25, 0.3) is 0 Å². The van der Waals surface area contributed by atoms with Crippen LogP contribution in [0.5, 0.6) is 0 Å². The molecule has 0 spiro atoms. The molecule has 0 saturated carbocycles. The van der Waals surface area contributed by atoms with Crippen molar-refractivity contribution in [2.75, 3.05) is 5.32 Å². The number of hydrogen-bond donors (Lipinski definition) is 2. The summed E-state index contributed by atoms with van der Waals surface area (Å²) in [7, 11) is 0. The number of nitrogens with one attached hydrogen (secondary N) is 1. The molecule has 24 heavy (non-hydrogen) atoms. The number of carboxylic acid groups (broad SMARTS) is 1. The third-order valence-electron chi connectivity index (χ3n) is 4.30. The van der Waals surface area contributed by atoms with Gasteiger partial charge >= 0.3 is 5.97 Å². The molecule has 2 aromatic rings. The van der Waals surface area contributed by atoms with Gasteiger partial charge in [-0.3, -0.25) is 9.48 Å². The van der Waals surface area contributed by atoms with Gasteiger partial charge in [0.1, 0.15) is 0 Å². The van der Waals surface area contributed by atoms with Gasteiger partial charge < -0.3 is 10.4 Å². The van der Waals surface area contributed by atoms with Crippen LogP contribution < -0.4 is 5.32 Å². The second-order valence-corrected chi connectivity index (χ2v) is 5.85. The predicted octanol–water partition coefficient (Wildman–Crippen LogP) is 3.81. The number of benzene rings is 1. The number of aromatic carboxylic acids is 1. The van der Waals surface area contributed by atoms with Crippen LogP contribution in [0, 0.1) is 13.8 Å². The molecule has 1 heterocycles. The number of amides is 1. The Bertz CT molecular complexity index is 761. The standard InChI is InChI=1S/C18H23N3O3/c1-5-14(6-2)21-12(4)16(10-19-21)17(22)20-13-8-7-11(3)15(9-13)18(23)24/h7-10,14H,5-6H2,1-4H3,(H,20,22)(H,23,24). The van der Waals surface area contributed by atoms with E-state index in [1.807, 2.05) is 11.6 Å². The van der Waals surface area contributed by atoms with Gasteiger partial charge in [-0.05, 0) is 44.4 Å². The lowest BCUT2D eigenvalue weighted by Gasteiger charge is -2.15. The van der Waals surface area contributed by atoms with Crippen LogP contribution in [0.3, 0.4) is 0 Å². The summed E-state index contributed by atoms with van der Waals surface area (Å²) in [4.78, 5) is 23.7. The lowest BCUT2D eigenvalue weighted by molar-refractivity contribution is 0.0695. The van der Waals surface area contributed by atoms with Crippen molar-refractivity contribution in [2.45, 2.75) is 46.6 Å². The number of aryl methyl sites for hydroxylation is 1. The molecule has 1 amide bonds. The summed E-state index contributed by atoms with van der Waals surface area (Å²) in [6.07, 6.45) is 3.45. The Hall–Kier alpha value is -2.63. The number of aromatic nitrogens is 2. The van der Waals surface area contributed by atoms with Crippen LogP contribution in [0.15, 0.2) is 24.4 Å². The van der Waals surface area contributed by atoms with Crippen molar-refractivity contribution < 1.29 is 14.7 Å². The number of carbonyl (C=O) groups is 2. The second-order valence-electron chi connectivity index (χ2n) is 5.85. The minimum atomic E-state index is -1.01. The molecule has 0 atom stereocenters. The number of carbonyl (C=O) groups excluding carboxylic acids is 1. The van der Waals surface area contributed by atoms with Crippen LogP contribution in [0.2, 0.25) is 0 Å². The third kappa shape index (κ3) is 3.48. The van der Waals surface area contributed by atoms with Crippen molar-refractivity contribution in [1.82, 2.24) is 9.78 Å². The molecule has 0 fully saturated rings. The first-order valence-corrected chi connectivity index (χ1v) is 8.08. The first kappa shape index (κ1) is 17.7. The molecular weight excluding hydrogens is 306 g/mol. The number of anilines is 1. The Morgan fingerprint density at radius 3 is 2.46 bits per heavy atom. The summed E-state index contributed by atoms with van der Waals surface area (Å²) >= 11 is 0. The Morgan fingerprint density at radius 2 is 1.88 bits per heavy atom. The van der Waals surface area contributed by atoms with Crippen molar-refractivity contribution in [2.24, 2.45) is 0 Å². The molecule has 0 aliphatic rings. The Labute approximate surface area is 141 Å². The zero-order chi connectivity index (χ0) is 17.9.